The van der Waals surface area contributed by atoms with E-state index in [1.807, 2.05) is 18.2 Å². The van der Waals surface area contributed by atoms with Crippen molar-refractivity contribution in [1.29, 1.82) is 0 Å². The smallest absolute Gasteiger partial charge is 0.115 e. The number of aromatic nitrogens is 2. The molecule has 3 rings (SSSR count). The van der Waals surface area contributed by atoms with Crippen molar-refractivity contribution in [3.8, 4) is 5.75 Å². The normalized spacial score (nSPS) is 17.0. The van der Waals surface area contributed by atoms with Gasteiger partial charge in [-0.1, -0.05) is 12.1 Å². The summed E-state index contributed by atoms with van der Waals surface area (Å²) in [6, 6.07) is 9.41. The Kier molecular flexibility index (Phi) is 1.93. The minimum Gasteiger partial charge on any atom is -0.508 e. The molecule has 0 unspecified atom stereocenters. The lowest BCUT2D eigenvalue weighted by Gasteiger charge is -2.14. The summed E-state index contributed by atoms with van der Waals surface area (Å²) in [4.78, 5) is 8.26. The van der Waals surface area contributed by atoms with Gasteiger partial charge in [0.25, 0.3) is 0 Å². The van der Waals surface area contributed by atoms with Gasteiger partial charge in [-0.2, -0.15) is 0 Å². The number of aromatic hydroxyl groups is 1. The number of rotatable bonds is 2. The van der Waals surface area contributed by atoms with Crippen LogP contribution in [0.15, 0.2) is 42.9 Å². The summed E-state index contributed by atoms with van der Waals surface area (Å²) in [7, 11) is 0. The van der Waals surface area contributed by atoms with Crippen LogP contribution in [0.4, 0.5) is 0 Å². The molecule has 1 aliphatic rings. The van der Waals surface area contributed by atoms with E-state index in [-0.39, 0.29) is 5.41 Å². The Morgan fingerprint density at radius 2 is 2.06 bits per heavy atom. The van der Waals surface area contributed by atoms with Crippen LogP contribution in [0.25, 0.3) is 0 Å². The first kappa shape index (κ1) is 9.33. The molecule has 3 heteroatoms. The Morgan fingerprint density at radius 1 is 1.19 bits per heavy atom. The average Bonchev–Trinajstić information content (AvgIpc) is 3.11. The molecule has 0 saturated heterocycles. The van der Waals surface area contributed by atoms with E-state index in [0.717, 1.165) is 24.1 Å². The second kappa shape index (κ2) is 3.30. The average molecular weight is 212 g/mol. The molecular formula is C13H12N2O. The summed E-state index contributed by atoms with van der Waals surface area (Å²) < 4.78 is 0. The molecule has 1 heterocycles. The Labute approximate surface area is 93.8 Å². The fourth-order valence-corrected chi connectivity index (χ4v) is 2.20. The van der Waals surface area contributed by atoms with Gasteiger partial charge in [-0.3, -0.25) is 0 Å². The quantitative estimate of drug-likeness (QED) is 0.830. The third kappa shape index (κ3) is 1.36. The maximum absolute atomic E-state index is 9.52. The van der Waals surface area contributed by atoms with Gasteiger partial charge in [-0.25, -0.2) is 9.97 Å². The summed E-state index contributed by atoms with van der Waals surface area (Å²) in [5.74, 6) is 0.317. The van der Waals surface area contributed by atoms with Gasteiger partial charge in [0, 0.05) is 11.6 Å². The summed E-state index contributed by atoms with van der Waals surface area (Å²) >= 11 is 0. The van der Waals surface area contributed by atoms with Gasteiger partial charge in [0.2, 0.25) is 0 Å². The van der Waals surface area contributed by atoms with Crippen molar-refractivity contribution in [2.45, 2.75) is 18.3 Å². The zero-order chi connectivity index (χ0) is 11.0. The van der Waals surface area contributed by atoms with Gasteiger partial charge >= 0.3 is 0 Å². The van der Waals surface area contributed by atoms with Gasteiger partial charge in [-0.05, 0) is 36.6 Å². The number of hydrogen-bond donors (Lipinski definition) is 1. The minimum absolute atomic E-state index is 0.0156. The van der Waals surface area contributed by atoms with Crippen LogP contribution in [0.1, 0.15) is 24.1 Å². The second-order valence-corrected chi connectivity index (χ2v) is 4.23. The first-order chi connectivity index (χ1) is 7.81. The number of phenols is 1. The highest BCUT2D eigenvalue weighted by atomic mass is 16.3. The zero-order valence-electron chi connectivity index (χ0n) is 8.80. The summed E-state index contributed by atoms with van der Waals surface area (Å²) in [6.45, 7) is 0. The van der Waals surface area contributed by atoms with E-state index in [1.54, 1.807) is 18.6 Å². The lowest BCUT2D eigenvalue weighted by atomic mass is 9.92. The first-order valence-corrected chi connectivity index (χ1v) is 5.37. The third-order valence-corrected chi connectivity index (χ3v) is 3.22. The van der Waals surface area contributed by atoms with Crippen LogP contribution in [-0.4, -0.2) is 15.1 Å². The van der Waals surface area contributed by atoms with Crippen molar-refractivity contribution in [2.75, 3.05) is 0 Å². The van der Waals surface area contributed by atoms with Gasteiger partial charge < -0.3 is 5.11 Å². The molecule has 1 aliphatic carbocycles. The molecule has 0 amide bonds. The van der Waals surface area contributed by atoms with Crippen LogP contribution in [0, 0.1) is 0 Å². The summed E-state index contributed by atoms with van der Waals surface area (Å²) in [6.07, 6.45) is 5.53. The van der Waals surface area contributed by atoms with E-state index in [4.69, 9.17) is 0 Å². The van der Waals surface area contributed by atoms with Gasteiger partial charge in [0.1, 0.15) is 12.1 Å². The molecule has 2 aromatic rings. The predicted molar refractivity (Wildman–Crippen MR) is 60.2 cm³/mol. The Bertz CT molecular complexity index is 506. The lowest BCUT2D eigenvalue weighted by molar-refractivity contribution is 0.474. The van der Waals surface area contributed by atoms with Crippen molar-refractivity contribution in [3.63, 3.8) is 0 Å². The van der Waals surface area contributed by atoms with Crippen molar-refractivity contribution < 1.29 is 5.11 Å². The number of phenolic OH excluding ortho intramolecular Hbond substituents is 1. The van der Waals surface area contributed by atoms with Crippen LogP contribution < -0.4 is 0 Å². The molecule has 0 radical (unpaired) electrons. The fourth-order valence-electron chi connectivity index (χ4n) is 2.20. The van der Waals surface area contributed by atoms with Gasteiger partial charge in [0.15, 0.2) is 0 Å². The molecule has 1 aromatic heterocycles. The minimum atomic E-state index is 0.0156. The molecule has 80 valence electrons. The topological polar surface area (TPSA) is 46.0 Å². The number of benzene rings is 1. The van der Waals surface area contributed by atoms with E-state index in [9.17, 15) is 5.11 Å². The molecule has 0 spiro atoms. The molecule has 0 atom stereocenters. The van der Waals surface area contributed by atoms with Crippen LogP contribution >= 0.6 is 0 Å². The largest absolute Gasteiger partial charge is 0.508 e. The van der Waals surface area contributed by atoms with E-state index >= 15 is 0 Å². The molecule has 1 aromatic carbocycles. The number of nitrogens with zero attached hydrogens (tertiary/aromatic N) is 2. The van der Waals surface area contributed by atoms with Crippen LogP contribution in [0.3, 0.4) is 0 Å². The highest BCUT2D eigenvalue weighted by molar-refractivity contribution is 5.44. The van der Waals surface area contributed by atoms with E-state index < -0.39 is 0 Å². The van der Waals surface area contributed by atoms with Crippen LogP contribution in [0.5, 0.6) is 5.75 Å². The number of hydrogen-bond acceptors (Lipinski definition) is 3. The molecule has 0 aliphatic heterocycles. The second-order valence-electron chi connectivity index (χ2n) is 4.23. The summed E-state index contributed by atoms with van der Waals surface area (Å²) in [5.41, 5.74) is 2.21. The van der Waals surface area contributed by atoms with Crippen molar-refractivity contribution >= 4 is 0 Å². The van der Waals surface area contributed by atoms with Crippen LogP contribution in [0.2, 0.25) is 0 Å². The van der Waals surface area contributed by atoms with E-state index in [2.05, 4.69) is 16.0 Å². The maximum atomic E-state index is 9.52. The van der Waals surface area contributed by atoms with Gasteiger partial charge in [-0.15, -0.1) is 0 Å². The Morgan fingerprint density at radius 3 is 2.69 bits per heavy atom. The predicted octanol–water partition coefficient (Wildman–Crippen LogP) is 2.26. The Hall–Kier alpha value is -1.90. The highest BCUT2D eigenvalue weighted by Gasteiger charge is 2.47. The molecule has 1 N–H and O–H groups in total. The SMILES string of the molecule is Oc1cccc(C2(c3ccncn3)CC2)c1. The first-order valence-electron chi connectivity index (χ1n) is 5.37. The van der Waals surface area contributed by atoms with Crippen molar-refractivity contribution in [3.05, 3.63) is 54.1 Å². The molecule has 1 fully saturated rings. The molecule has 3 nitrogen and oxygen atoms in total. The molecule has 1 saturated carbocycles. The fraction of sp³-hybridized carbons (Fsp3) is 0.231. The third-order valence-electron chi connectivity index (χ3n) is 3.22. The van der Waals surface area contributed by atoms with Crippen molar-refractivity contribution in [2.24, 2.45) is 0 Å². The van der Waals surface area contributed by atoms with E-state index in [0.29, 0.717) is 5.75 Å². The van der Waals surface area contributed by atoms with Crippen LogP contribution in [-0.2, 0) is 5.41 Å². The van der Waals surface area contributed by atoms with Crippen molar-refractivity contribution in [1.82, 2.24) is 9.97 Å². The highest BCUT2D eigenvalue weighted by Crippen LogP contribution is 2.52. The molecular weight excluding hydrogens is 200 g/mol. The van der Waals surface area contributed by atoms with Gasteiger partial charge in [0.05, 0.1) is 5.69 Å². The summed E-state index contributed by atoms with van der Waals surface area (Å²) in [5, 5.41) is 9.52. The maximum Gasteiger partial charge on any atom is 0.115 e. The molecule has 0 bridgehead atoms. The monoisotopic (exact) mass is 212 g/mol. The standard InChI is InChI=1S/C13H12N2O/c16-11-3-1-2-10(8-11)13(5-6-13)12-4-7-14-9-15-12/h1-4,7-9,16H,5-6H2. The zero-order valence-corrected chi connectivity index (χ0v) is 8.80. The Balaban J connectivity index is 2.07. The molecule has 16 heavy (non-hydrogen) atoms. The van der Waals surface area contributed by atoms with E-state index in [1.165, 1.54) is 0 Å². The lowest BCUT2D eigenvalue weighted by Crippen LogP contribution is -2.10.